The topological polar surface area (TPSA) is 42.7 Å². The van der Waals surface area contributed by atoms with E-state index in [2.05, 4.69) is 43.1 Å². The summed E-state index contributed by atoms with van der Waals surface area (Å²) in [5.41, 5.74) is 0. The smallest absolute Gasteiger partial charge is 0.141 e. The van der Waals surface area contributed by atoms with Crippen molar-refractivity contribution in [1.82, 2.24) is 20.1 Å². The lowest BCUT2D eigenvalue weighted by Crippen LogP contribution is -2.27. The molecule has 0 bridgehead atoms. The first-order chi connectivity index (χ1) is 7.65. The van der Waals surface area contributed by atoms with Crippen LogP contribution in [0.15, 0.2) is 6.33 Å². The maximum Gasteiger partial charge on any atom is 0.141 e. The molecule has 92 valence electrons. The second-order valence-electron chi connectivity index (χ2n) is 4.64. The molecule has 0 aromatic carbocycles. The van der Waals surface area contributed by atoms with Gasteiger partial charge in [-0.2, -0.15) is 5.10 Å². The van der Waals surface area contributed by atoms with Crippen molar-refractivity contribution in [3.63, 3.8) is 0 Å². The van der Waals surface area contributed by atoms with Crippen molar-refractivity contribution in [2.45, 2.75) is 65.6 Å². The molecule has 4 heteroatoms. The van der Waals surface area contributed by atoms with E-state index < -0.39 is 0 Å². The standard InChI is InChI=1S/C12H24N4/c1-5-6-7-11(4)13-8-12-14-9-15-16(12)10(2)3/h9-11,13H,5-8H2,1-4H3. The molecule has 1 aromatic heterocycles. The summed E-state index contributed by atoms with van der Waals surface area (Å²) < 4.78 is 1.97. The highest BCUT2D eigenvalue weighted by molar-refractivity contribution is 4.86. The van der Waals surface area contributed by atoms with Gasteiger partial charge in [0.15, 0.2) is 0 Å². The van der Waals surface area contributed by atoms with E-state index in [0.717, 1.165) is 12.4 Å². The fourth-order valence-electron chi connectivity index (χ4n) is 1.71. The molecule has 0 aliphatic heterocycles. The largest absolute Gasteiger partial charge is 0.307 e. The van der Waals surface area contributed by atoms with Gasteiger partial charge in [0, 0.05) is 12.1 Å². The molecular formula is C12H24N4. The highest BCUT2D eigenvalue weighted by Gasteiger charge is 2.08. The molecule has 0 saturated heterocycles. The van der Waals surface area contributed by atoms with Crippen LogP contribution >= 0.6 is 0 Å². The zero-order valence-corrected chi connectivity index (χ0v) is 10.9. The van der Waals surface area contributed by atoms with Gasteiger partial charge in [-0.25, -0.2) is 9.67 Å². The maximum atomic E-state index is 4.28. The number of hydrogen-bond acceptors (Lipinski definition) is 3. The molecule has 0 saturated carbocycles. The van der Waals surface area contributed by atoms with Gasteiger partial charge >= 0.3 is 0 Å². The van der Waals surface area contributed by atoms with Gasteiger partial charge in [0.25, 0.3) is 0 Å². The Morgan fingerprint density at radius 1 is 1.38 bits per heavy atom. The van der Waals surface area contributed by atoms with E-state index >= 15 is 0 Å². The lowest BCUT2D eigenvalue weighted by atomic mass is 10.1. The average molecular weight is 224 g/mol. The number of hydrogen-bond donors (Lipinski definition) is 1. The van der Waals surface area contributed by atoms with Crippen LogP contribution in [0.1, 0.15) is 58.8 Å². The minimum Gasteiger partial charge on any atom is -0.307 e. The Morgan fingerprint density at radius 2 is 2.12 bits per heavy atom. The first-order valence-corrected chi connectivity index (χ1v) is 6.26. The zero-order valence-electron chi connectivity index (χ0n) is 10.9. The van der Waals surface area contributed by atoms with Crippen molar-refractivity contribution in [2.75, 3.05) is 0 Å². The van der Waals surface area contributed by atoms with Crippen molar-refractivity contribution < 1.29 is 0 Å². The summed E-state index contributed by atoms with van der Waals surface area (Å²) in [7, 11) is 0. The monoisotopic (exact) mass is 224 g/mol. The average Bonchev–Trinajstić information content (AvgIpc) is 2.71. The maximum absolute atomic E-state index is 4.28. The van der Waals surface area contributed by atoms with Gasteiger partial charge in [0.05, 0.1) is 6.54 Å². The third-order valence-electron chi connectivity index (χ3n) is 2.74. The Labute approximate surface area is 98.5 Å². The van der Waals surface area contributed by atoms with Crippen molar-refractivity contribution >= 4 is 0 Å². The molecule has 0 aliphatic carbocycles. The summed E-state index contributed by atoms with van der Waals surface area (Å²) in [6, 6.07) is 0.933. The van der Waals surface area contributed by atoms with Crippen LogP contribution in [0.25, 0.3) is 0 Å². The minimum absolute atomic E-state index is 0.380. The van der Waals surface area contributed by atoms with E-state index in [9.17, 15) is 0 Å². The van der Waals surface area contributed by atoms with E-state index in [0.29, 0.717) is 12.1 Å². The predicted octanol–water partition coefficient (Wildman–Crippen LogP) is 2.53. The molecule has 0 radical (unpaired) electrons. The molecule has 1 atom stereocenters. The Kier molecular flexibility index (Phi) is 5.46. The molecular weight excluding hydrogens is 200 g/mol. The van der Waals surface area contributed by atoms with E-state index in [1.54, 1.807) is 6.33 Å². The number of nitrogens with one attached hydrogen (secondary N) is 1. The normalized spacial score (nSPS) is 13.3. The van der Waals surface area contributed by atoms with E-state index in [-0.39, 0.29) is 0 Å². The Morgan fingerprint density at radius 3 is 2.75 bits per heavy atom. The molecule has 0 amide bonds. The van der Waals surface area contributed by atoms with Crippen molar-refractivity contribution in [2.24, 2.45) is 0 Å². The Balaban J connectivity index is 2.39. The van der Waals surface area contributed by atoms with Crippen LogP contribution in [0, 0.1) is 0 Å². The minimum atomic E-state index is 0.380. The SMILES string of the molecule is CCCCC(C)NCc1ncnn1C(C)C. The fraction of sp³-hybridized carbons (Fsp3) is 0.833. The Hall–Kier alpha value is -0.900. The summed E-state index contributed by atoms with van der Waals surface area (Å²) in [5, 5.41) is 7.71. The highest BCUT2D eigenvalue weighted by atomic mass is 15.4. The van der Waals surface area contributed by atoms with Crippen molar-refractivity contribution in [3.8, 4) is 0 Å². The van der Waals surface area contributed by atoms with E-state index in [1.807, 2.05) is 4.68 Å². The van der Waals surface area contributed by atoms with Crippen LogP contribution < -0.4 is 5.32 Å². The van der Waals surface area contributed by atoms with Crippen LogP contribution in [0.5, 0.6) is 0 Å². The third kappa shape index (κ3) is 3.93. The number of aromatic nitrogens is 3. The van der Waals surface area contributed by atoms with Crippen LogP contribution in [0.4, 0.5) is 0 Å². The van der Waals surface area contributed by atoms with Gasteiger partial charge in [-0.3, -0.25) is 0 Å². The van der Waals surface area contributed by atoms with Gasteiger partial charge in [0.1, 0.15) is 12.2 Å². The van der Waals surface area contributed by atoms with Gasteiger partial charge in [0.2, 0.25) is 0 Å². The molecule has 16 heavy (non-hydrogen) atoms. The predicted molar refractivity (Wildman–Crippen MR) is 66.2 cm³/mol. The van der Waals surface area contributed by atoms with Gasteiger partial charge in [-0.05, 0) is 27.2 Å². The number of nitrogens with zero attached hydrogens (tertiary/aromatic N) is 3. The fourth-order valence-corrected chi connectivity index (χ4v) is 1.71. The molecule has 1 heterocycles. The lowest BCUT2D eigenvalue weighted by Gasteiger charge is -2.14. The van der Waals surface area contributed by atoms with Crippen LogP contribution in [0.3, 0.4) is 0 Å². The van der Waals surface area contributed by atoms with Crippen molar-refractivity contribution in [3.05, 3.63) is 12.2 Å². The third-order valence-corrected chi connectivity index (χ3v) is 2.74. The molecule has 1 unspecified atom stereocenters. The second-order valence-corrected chi connectivity index (χ2v) is 4.64. The molecule has 1 aromatic rings. The van der Waals surface area contributed by atoms with E-state index in [1.165, 1.54) is 19.3 Å². The van der Waals surface area contributed by atoms with Crippen LogP contribution in [-0.2, 0) is 6.54 Å². The Bertz CT molecular complexity index is 293. The number of unbranched alkanes of at least 4 members (excludes halogenated alkanes) is 1. The van der Waals surface area contributed by atoms with Gasteiger partial charge in [-0.1, -0.05) is 19.8 Å². The first kappa shape index (κ1) is 13.2. The molecule has 1 N–H and O–H groups in total. The lowest BCUT2D eigenvalue weighted by molar-refractivity contribution is 0.451. The zero-order chi connectivity index (χ0) is 12.0. The second kappa shape index (κ2) is 6.63. The summed E-state index contributed by atoms with van der Waals surface area (Å²) in [6.45, 7) is 9.51. The highest BCUT2D eigenvalue weighted by Crippen LogP contribution is 2.06. The van der Waals surface area contributed by atoms with Crippen LogP contribution in [0.2, 0.25) is 0 Å². The van der Waals surface area contributed by atoms with Crippen molar-refractivity contribution in [1.29, 1.82) is 0 Å². The molecule has 0 aliphatic rings. The van der Waals surface area contributed by atoms with E-state index in [4.69, 9.17) is 0 Å². The summed E-state index contributed by atoms with van der Waals surface area (Å²) in [4.78, 5) is 4.28. The molecule has 4 nitrogen and oxygen atoms in total. The summed E-state index contributed by atoms with van der Waals surface area (Å²) in [6.07, 6.45) is 5.40. The number of rotatable bonds is 7. The van der Waals surface area contributed by atoms with Crippen LogP contribution in [-0.4, -0.2) is 20.8 Å². The molecule has 0 spiro atoms. The first-order valence-electron chi connectivity index (χ1n) is 6.26. The molecule has 0 fully saturated rings. The summed E-state index contributed by atoms with van der Waals surface area (Å²) in [5.74, 6) is 1.03. The van der Waals surface area contributed by atoms with Gasteiger partial charge < -0.3 is 5.32 Å². The molecule has 1 rings (SSSR count). The van der Waals surface area contributed by atoms with Gasteiger partial charge in [-0.15, -0.1) is 0 Å². The quantitative estimate of drug-likeness (QED) is 0.774. The summed E-state index contributed by atoms with van der Waals surface area (Å²) >= 11 is 0.